The minimum Gasteiger partial charge on any atom is -0.383 e. The molecule has 5 N–H and O–H groups in total. The predicted octanol–water partition coefficient (Wildman–Crippen LogP) is 1.27. The van der Waals surface area contributed by atoms with E-state index in [1.807, 2.05) is 38.1 Å². The zero-order valence-corrected chi connectivity index (χ0v) is 13.3. The first kappa shape index (κ1) is 17.8. The molecule has 2 amide bonds. The predicted molar refractivity (Wildman–Crippen MR) is 88.9 cm³/mol. The van der Waals surface area contributed by atoms with Gasteiger partial charge in [0.2, 0.25) is 0 Å². The van der Waals surface area contributed by atoms with Crippen molar-refractivity contribution >= 4 is 17.7 Å². The van der Waals surface area contributed by atoms with Gasteiger partial charge in [-0.25, -0.2) is 9.79 Å². The largest absolute Gasteiger partial charge is 0.383 e. The fourth-order valence-corrected chi connectivity index (χ4v) is 1.64. The molecular formula is C15H25N5O2. The molecule has 0 aliphatic heterocycles. The van der Waals surface area contributed by atoms with E-state index in [-0.39, 0.29) is 12.1 Å². The number of urea groups is 1. The Morgan fingerprint density at radius 1 is 1.32 bits per heavy atom. The number of nitrogens with two attached hydrogens (primary N) is 1. The number of guanidine groups is 1. The molecule has 1 aromatic carbocycles. The average molecular weight is 307 g/mol. The number of ether oxygens (including phenoxy) is 1. The van der Waals surface area contributed by atoms with Gasteiger partial charge in [-0.05, 0) is 31.5 Å². The maximum absolute atomic E-state index is 11.6. The Labute approximate surface area is 131 Å². The van der Waals surface area contributed by atoms with Crippen LogP contribution in [0.2, 0.25) is 0 Å². The Bertz CT molecular complexity index is 485. The zero-order chi connectivity index (χ0) is 16.4. The fourth-order valence-electron chi connectivity index (χ4n) is 1.64. The van der Waals surface area contributed by atoms with E-state index in [9.17, 15) is 4.79 Å². The number of nitrogens with one attached hydrogen (secondary N) is 3. The molecule has 0 saturated heterocycles. The summed E-state index contributed by atoms with van der Waals surface area (Å²) in [6.07, 6.45) is 0. The van der Waals surface area contributed by atoms with Crippen LogP contribution in [-0.4, -0.2) is 38.3 Å². The van der Waals surface area contributed by atoms with Crippen LogP contribution >= 0.6 is 0 Å². The second-order valence-corrected chi connectivity index (χ2v) is 5.07. The number of anilines is 1. The molecule has 0 aliphatic rings. The number of rotatable bonds is 7. The van der Waals surface area contributed by atoms with Crippen molar-refractivity contribution < 1.29 is 9.53 Å². The zero-order valence-electron chi connectivity index (χ0n) is 13.3. The Hall–Kier alpha value is -2.28. The van der Waals surface area contributed by atoms with E-state index >= 15 is 0 Å². The lowest BCUT2D eigenvalue weighted by atomic mass is 10.2. The van der Waals surface area contributed by atoms with Gasteiger partial charge in [0.15, 0.2) is 5.96 Å². The lowest BCUT2D eigenvalue weighted by molar-refractivity contribution is 0.204. The molecule has 0 radical (unpaired) electrons. The van der Waals surface area contributed by atoms with Gasteiger partial charge in [0.1, 0.15) is 0 Å². The van der Waals surface area contributed by atoms with Crippen LogP contribution in [0.1, 0.15) is 19.4 Å². The molecule has 0 atom stereocenters. The van der Waals surface area contributed by atoms with Gasteiger partial charge in [0.25, 0.3) is 0 Å². The first-order valence-corrected chi connectivity index (χ1v) is 7.20. The second-order valence-electron chi connectivity index (χ2n) is 5.07. The summed E-state index contributed by atoms with van der Waals surface area (Å²) in [5.74, 6) is 0.385. The number of carbonyl (C=O) groups excluding carboxylic acids is 1. The number of nitrogens with zero attached hydrogens (tertiary/aromatic N) is 1. The lowest BCUT2D eigenvalue weighted by Crippen LogP contribution is -2.34. The average Bonchev–Trinajstić information content (AvgIpc) is 2.46. The summed E-state index contributed by atoms with van der Waals surface area (Å²) < 4.78 is 4.91. The van der Waals surface area contributed by atoms with E-state index in [1.54, 1.807) is 7.11 Å². The summed E-state index contributed by atoms with van der Waals surface area (Å²) in [5, 5.41) is 8.47. The van der Waals surface area contributed by atoms with E-state index in [1.165, 1.54) is 0 Å². The summed E-state index contributed by atoms with van der Waals surface area (Å²) in [6, 6.07) is 7.35. The first-order chi connectivity index (χ1) is 10.5. The molecule has 0 heterocycles. The van der Waals surface area contributed by atoms with Crippen molar-refractivity contribution in [2.45, 2.75) is 26.4 Å². The molecule has 0 aliphatic carbocycles. The SMILES string of the molecule is COCCNC(N)=NCc1ccc(NC(=O)NC(C)C)cc1. The van der Waals surface area contributed by atoms with Gasteiger partial charge >= 0.3 is 6.03 Å². The maximum Gasteiger partial charge on any atom is 0.319 e. The van der Waals surface area contributed by atoms with Gasteiger partial charge in [0.05, 0.1) is 13.2 Å². The van der Waals surface area contributed by atoms with Crippen LogP contribution in [0.25, 0.3) is 0 Å². The third-order valence-corrected chi connectivity index (χ3v) is 2.68. The van der Waals surface area contributed by atoms with Crippen LogP contribution in [0, 0.1) is 0 Å². The summed E-state index contributed by atoms with van der Waals surface area (Å²) in [4.78, 5) is 15.8. The van der Waals surface area contributed by atoms with Crippen molar-refractivity contribution in [1.29, 1.82) is 0 Å². The van der Waals surface area contributed by atoms with Crippen LogP contribution < -0.4 is 21.7 Å². The number of carbonyl (C=O) groups is 1. The van der Waals surface area contributed by atoms with E-state index in [0.29, 0.717) is 25.7 Å². The normalized spacial score (nSPS) is 11.4. The summed E-state index contributed by atoms with van der Waals surface area (Å²) in [6.45, 7) is 5.50. The third kappa shape index (κ3) is 7.49. The summed E-state index contributed by atoms with van der Waals surface area (Å²) in [5.41, 5.74) is 7.46. The molecule has 7 heteroatoms. The molecule has 1 aromatic rings. The molecule has 0 spiro atoms. The topological polar surface area (TPSA) is 101 Å². The number of amides is 2. The van der Waals surface area contributed by atoms with Crippen molar-refractivity contribution in [3.05, 3.63) is 29.8 Å². The first-order valence-electron chi connectivity index (χ1n) is 7.20. The number of hydrogen-bond donors (Lipinski definition) is 4. The minimum atomic E-state index is -0.215. The highest BCUT2D eigenvalue weighted by atomic mass is 16.5. The molecular weight excluding hydrogens is 282 g/mol. The van der Waals surface area contributed by atoms with Gasteiger partial charge in [-0.1, -0.05) is 12.1 Å². The van der Waals surface area contributed by atoms with Crippen LogP contribution in [0.5, 0.6) is 0 Å². The third-order valence-electron chi connectivity index (χ3n) is 2.68. The van der Waals surface area contributed by atoms with E-state index in [2.05, 4.69) is 20.9 Å². The van der Waals surface area contributed by atoms with Crippen molar-refractivity contribution in [2.24, 2.45) is 10.7 Å². The van der Waals surface area contributed by atoms with Crippen LogP contribution in [-0.2, 0) is 11.3 Å². The van der Waals surface area contributed by atoms with Crippen molar-refractivity contribution in [3.8, 4) is 0 Å². The Kier molecular flexibility index (Phi) is 7.77. The highest BCUT2D eigenvalue weighted by Gasteiger charge is 2.03. The highest BCUT2D eigenvalue weighted by Crippen LogP contribution is 2.10. The smallest absolute Gasteiger partial charge is 0.319 e. The van der Waals surface area contributed by atoms with Crippen molar-refractivity contribution in [1.82, 2.24) is 10.6 Å². The molecule has 0 unspecified atom stereocenters. The van der Waals surface area contributed by atoms with Gasteiger partial charge in [-0.3, -0.25) is 0 Å². The van der Waals surface area contributed by atoms with Crippen molar-refractivity contribution in [2.75, 3.05) is 25.6 Å². The molecule has 0 bridgehead atoms. The van der Waals surface area contributed by atoms with Gasteiger partial charge < -0.3 is 26.4 Å². The molecule has 0 aromatic heterocycles. The van der Waals surface area contributed by atoms with Crippen molar-refractivity contribution in [3.63, 3.8) is 0 Å². The quantitative estimate of drug-likeness (QED) is 0.346. The molecule has 122 valence electrons. The monoisotopic (exact) mass is 307 g/mol. The second kappa shape index (κ2) is 9.62. The van der Waals surface area contributed by atoms with E-state index in [4.69, 9.17) is 10.5 Å². The number of benzene rings is 1. The van der Waals surface area contributed by atoms with Gasteiger partial charge in [0, 0.05) is 25.4 Å². The standard InChI is InChI=1S/C15H25N5O2/c1-11(2)19-15(21)20-13-6-4-12(5-7-13)10-18-14(16)17-8-9-22-3/h4-7,11H,8-10H2,1-3H3,(H3,16,17,18)(H2,19,20,21). The molecule has 1 rings (SSSR count). The van der Waals surface area contributed by atoms with E-state index < -0.39 is 0 Å². The Morgan fingerprint density at radius 3 is 2.59 bits per heavy atom. The summed E-state index contributed by atoms with van der Waals surface area (Å²) in [7, 11) is 1.63. The Balaban J connectivity index is 2.44. The van der Waals surface area contributed by atoms with Crippen LogP contribution in [0.4, 0.5) is 10.5 Å². The molecule has 0 fully saturated rings. The lowest BCUT2D eigenvalue weighted by Gasteiger charge is -2.10. The van der Waals surface area contributed by atoms with Gasteiger partial charge in [-0.2, -0.15) is 0 Å². The molecule has 7 nitrogen and oxygen atoms in total. The maximum atomic E-state index is 11.6. The Morgan fingerprint density at radius 2 is 2.00 bits per heavy atom. The summed E-state index contributed by atoms with van der Waals surface area (Å²) >= 11 is 0. The van der Waals surface area contributed by atoms with Crippen LogP contribution in [0.3, 0.4) is 0 Å². The van der Waals surface area contributed by atoms with E-state index in [0.717, 1.165) is 11.3 Å². The van der Waals surface area contributed by atoms with Crippen LogP contribution in [0.15, 0.2) is 29.3 Å². The minimum absolute atomic E-state index is 0.0993. The number of aliphatic imine (C=N–C) groups is 1. The number of methoxy groups -OCH3 is 1. The highest BCUT2D eigenvalue weighted by molar-refractivity contribution is 5.89. The molecule has 22 heavy (non-hydrogen) atoms. The molecule has 0 saturated carbocycles. The fraction of sp³-hybridized carbons (Fsp3) is 0.467. The van der Waals surface area contributed by atoms with Gasteiger partial charge in [-0.15, -0.1) is 0 Å². The number of hydrogen-bond acceptors (Lipinski definition) is 3.